The minimum absolute atomic E-state index is 0.244. The number of amides is 2. The number of aryl methyl sites for hydroxylation is 1. The van der Waals surface area contributed by atoms with Gasteiger partial charge in [0.15, 0.2) is 6.29 Å². The largest absolute Gasteiger partial charge is 0.490 e. The fraction of sp³-hybridized carbons (Fsp3) is 0.409. The number of fused-ring (bicyclic) bond motifs is 1. The fourth-order valence-electron chi connectivity index (χ4n) is 3.45. The maximum Gasteiger partial charge on any atom is 0.328 e. The van der Waals surface area contributed by atoms with Crippen molar-refractivity contribution in [2.24, 2.45) is 0 Å². The third-order valence-corrected chi connectivity index (χ3v) is 4.88. The molecule has 0 spiro atoms. The van der Waals surface area contributed by atoms with Gasteiger partial charge in [-0.25, -0.2) is 14.8 Å². The van der Waals surface area contributed by atoms with Gasteiger partial charge in [0, 0.05) is 26.3 Å². The molecule has 0 bridgehead atoms. The van der Waals surface area contributed by atoms with Crippen molar-refractivity contribution in [1.82, 2.24) is 14.9 Å². The number of methoxy groups -OCH3 is 1. The van der Waals surface area contributed by atoms with E-state index in [0.717, 1.165) is 30.3 Å². The Kier molecular flexibility index (Phi) is 7.70. The summed E-state index contributed by atoms with van der Waals surface area (Å²) in [6, 6.07) is 5.05. The van der Waals surface area contributed by atoms with E-state index in [2.05, 4.69) is 15.3 Å². The molecule has 0 aromatic carbocycles. The first-order valence-electron chi connectivity index (χ1n) is 10.2. The number of aldehydes is 1. The van der Waals surface area contributed by atoms with E-state index in [4.69, 9.17) is 9.47 Å². The zero-order chi connectivity index (χ0) is 23.1. The normalized spacial score (nSPS) is 12.8. The summed E-state index contributed by atoms with van der Waals surface area (Å²) in [6.07, 6.45) is 3.61. The van der Waals surface area contributed by atoms with Crippen LogP contribution < -0.4 is 15.0 Å². The standard InChI is InChI=1S/C22H26N6O4/c1-27(2)13-16-9-15-5-4-6-28(21(15)25-18(16)14-29)22(30)26-20-10-19(32-8-7-31-3)17(11-23)12-24-20/h9-10,12,14H,4-8,13H2,1-3H3,(H,24,26,30). The summed E-state index contributed by atoms with van der Waals surface area (Å²) in [5, 5.41) is 12.0. The molecular formula is C22H26N6O4. The molecule has 1 aliphatic heterocycles. The third kappa shape index (κ3) is 5.38. The lowest BCUT2D eigenvalue weighted by molar-refractivity contribution is 0.111. The first kappa shape index (κ1) is 23.1. The molecule has 32 heavy (non-hydrogen) atoms. The molecule has 0 radical (unpaired) electrons. The van der Waals surface area contributed by atoms with Gasteiger partial charge in [-0.15, -0.1) is 0 Å². The van der Waals surface area contributed by atoms with Crippen molar-refractivity contribution < 1.29 is 19.1 Å². The number of anilines is 2. The second-order valence-electron chi connectivity index (χ2n) is 7.58. The van der Waals surface area contributed by atoms with Gasteiger partial charge >= 0.3 is 6.03 Å². The Bertz CT molecular complexity index is 1030. The Hall–Kier alpha value is -3.55. The molecule has 0 unspecified atom stereocenters. The van der Waals surface area contributed by atoms with Crippen molar-refractivity contribution in [3.8, 4) is 11.8 Å². The van der Waals surface area contributed by atoms with E-state index in [0.29, 0.717) is 37.0 Å². The van der Waals surface area contributed by atoms with Crippen molar-refractivity contribution in [3.05, 3.63) is 40.7 Å². The van der Waals surface area contributed by atoms with Crippen LogP contribution in [0.4, 0.5) is 16.4 Å². The molecular weight excluding hydrogens is 412 g/mol. The van der Waals surface area contributed by atoms with Crippen LogP contribution in [-0.2, 0) is 17.7 Å². The van der Waals surface area contributed by atoms with Crippen LogP contribution in [0.1, 0.15) is 33.6 Å². The number of carbonyl (C=O) groups is 2. The molecule has 3 rings (SSSR count). The summed E-state index contributed by atoms with van der Waals surface area (Å²) in [5.74, 6) is 1.03. The van der Waals surface area contributed by atoms with Gasteiger partial charge in [-0.3, -0.25) is 15.0 Å². The van der Waals surface area contributed by atoms with Crippen molar-refractivity contribution in [1.29, 1.82) is 5.26 Å². The summed E-state index contributed by atoms with van der Waals surface area (Å²) in [6.45, 7) is 1.67. The monoisotopic (exact) mass is 438 g/mol. The molecule has 2 amide bonds. The number of nitrogens with zero attached hydrogens (tertiary/aromatic N) is 5. The second kappa shape index (κ2) is 10.7. The molecule has 0 aliphatic carbocycles. The van der Waals surface area contributed by atoms with Gasteiger partial charge in [0.2, 0.25) is 0 Å². The number of aromatic nitrogens is 2. The Labute approximate surface area is 186 Å². The van der Waals surface area contributed by atoms with Crippen LogP contribution >= 0.6 is 0 Å². The number of nitriles is 1. The molecule has 3 heterocycles. The molecule has 0 saturated carbocycles. The lowest BCUT2D eigenvalue weighted by Gasteiger charge is -2.29. The molecule has 0 saturated heterocycles. The van der Waals surface area contributed by atoms with Crippen LogP contribution in [0.15, 0.2) is 18.3 Å². The van der Waals surface area contributed by atoms with E-state index in [1.807, 2.05) is 31.1 Å². The van der Waals surface area contributed by atoms with Gasteiger partial charge in [0.25, 0.3) is 0 Å². The summed E-state index contributed by atoms with van der Waals surface area (Å²) in [7, 11) is 5.40. The molecule has 10 nitrogen and oxygen atoms in total. The van der Waals surface area contributed by atoms with Gasteiger partial charge in [0.05, 0.1) is 12.8 Å². The number of hydrogen-bond donors (Lipinski definition) is 1. The highest BCUT2D eigenvalue weighted by Crippen LogP contribution is 2.28. The second-order valence-corrected chi connectivity index (χ2v) is 7.58. The van der Waals surface area contributed by atoms with Crippen molar-refractivity contribution in [2.45, 2.75) is 19.4 Å². The third-order valence-electron chi connectivity index (χ3n) is 4.88. The summed E-state index contributed by atoms with van der Waals surface area (Å²) in [4.78, 5) is 36.7. The first-order chi connectivity index (χ1) is 15.5. The summed E-state index contributed by atoms with van der Waals surface area (Å²) in [5.41, 5.74) is 2.33. The Morgan fingerprint density at radius 2 is 2.19 bits per heavy atom. The molecule has 0 atom stereocenters. The van der Waals surface area contributed by atoms with Crippen LogP contribution in [0, 0.1) is 11.3 Å². The number of carbonyl (C=O) groups excluding carboxylic acids is 2. The van der Waals surface area contributed by atoms with Gasteiger partial charge < -0.3 is 14.4 Å². The van der Waals surface area contributed by atoms with Crippen LogP contribution in [0.5, 0.6) is 5.75 Å². The first-order valence-corrected chi connectivity index (χ1v) is 10.2. The zero-order valence-corrected chi connectivity index (χ0v) is 18.4. The SMILES string of the molecule is COCCOc1cc(NC(=O)N2CCCc3cc(CN(C)C)c(C=O)nc32)ncc1C#N. The topological polar surface area (TPSA) is 121 Å². The predicted molar refractivity (Wildman–Crippen MR) is 118 cm³/mol. The molecule has 168 valence electrons. The Morgan fingerprint density at radius 3 is 2.88 bits per heavy atom. The van der Waals surface area contributed by atoms with E-state index in [9.17, 15) is 14.9 Å². The van der Waals surface area contributed by atoms with Gasteiger partial charge in [-0.1, -0.05) is 0 Å². The molecule has 1 aliphatic rings. The van der Waals surface area contributed by atoms with E-state index >= 15 is 0 Å². The maximum absolute atomic E-state index is 13.0. The van der Waals surface area contributed by atoms with E-state index < -0.39 is 6.03 Å². The number of urea groups is 1. The van der Waals surface area contributed by atoms with Crippen molar-refractivity contribution in [3.63, 3.8) is 0 Å². The quantitative estimate of drug-likeness (QED) is 0.492. The average molecular weight is 438 g/mol. The summed E-state index contributed by atoms with van der Waals surface area (Å²) >= 11 is 0. The molecule has 1 N–H and O–H groups in total. The lowest BCUT2D eigenvalue weighted by atomic mass is 10.0. The number of hydrogen-bond acceptors (Lipinski definition) is 8. The average Bonchev–Trinajstić information content (AvgIpc) is 2.78. The van der Waals surface area contributed by atoms with Gasteiger partial charge in [-0.05, 0) is 44.1 Å². The molecule has 2 aromatic rings. The number of rotatable bonds is 8. The number of pyridine rings is 2. The van der Waals surface area contributed by atoms with Crippen LogP contribution in [0.3, 0.4) is 0 Å². The highest BCUT2D eigenvalue weighted by molar-refractivity contribution is 6.01. The Morgan fingerprint density at radius 1 is 1.38 bits per heavy atom. The van der Waals surface area contributed by atoms with Crippen molar-refractivity contribution in [2.75, 3.05) is 51.2 Å². The Balaban J connectivity index is 1.83. The minimum atomic E-state index is -0.421. The lowest BCUT2D eigenvalue weighted by Crippen LogP contribution is -2.40. The number of nitrogens with one attached hydrogen (secondary N) is 1. The van der Waals surface area contributed by atoms with E-state index in [-0.39, 0.29) is 18.0 Å². The van der Waals surface area contributed by atoms with Crippen LogP contribution in [0.25, 0.3) is 0 Å². The van der Waals surface area contributed by atoms with Crippen LogP contribution in [0.2, 0.25) is 0 Å². The van der Waals surface area contributed by atoms with Gasteiger partial charge in [0.1, 0.15) is 41.3 Å². The van der Waals surface area contributed by atoms with Gasteiger partial charge in [-0.2, -0.15) is 5.26 Å². The van der Waals surface area contributed by atoms with E-state index in [1.165, 1.54) is 17.2 Å². The summed E-state index contributed by atoms with van der Waals surface area (Å²) < 4.78 is 10.5. The molecule has 10 heteroatoms. The molecule has 2 aromatic heterocycles. The van der Waals surface area contributed by atoms with Crippen LogP contribution in [-0.4, -0.2) is 68.1 Å². The smallest absolute Gasteiger partial charge is 0.328 e. The minimum Gasteiger partial charge on any atom is -0.490 e. The highest BCUT2D eigenvalue weighted by atomic mass is 16.5. The highest BCUT2D eigenvalue weighted by Gasteiger charge is 2.26. The number of ether oxygens (including phenoxy) is 2. The molecule has 0 fully saturated rings. The maximum atomic E-state index is 13.0. The predicted octanol–water partition coefficient (Wildman–Crippen LogP) is 2.23. The van der Waals surface area contributed by atoms with Crippen molar-refractivity contribution >= 4 is 24.0 Å². The van der Waals surface area contributed by atoms with E-state index in [1.54, 1.807) is 7.11 Å². The zero-order valence-electron chi connectivity index (χ0n) is 18.4. The fourth-order valence-corrected chi connectivity index (χ4v) is 3.45.